The van der Waals surface area contributed by atoms with Gasteiger partial charge < -0.3 is 82.4 Å². The molecule has 0 radical (unpaired) electrons. The maximum atomic E-state index is 12.0. The number of aldehydes is 1. The first-order valence-corrected chi connectivity index (χ1v) is 38.7. The fraction of sp³-hybridized carbons (Fsp3) is 0.446. The van der Waals surface area contributed by atoms with Crippen LogP contribution in [0.1, 0.15) is 136 Å². The van der Waals surface area contributed by atoms with Gasteiger partial charge in [-0.25, -0.2) is 28.8 Å². The van der Waals surface area contributed by atoms with Crippen LogP contribution in [-0.2, 0) is 82.4 Å². The minimum Gasteiger partial charge on any atom is -0.480 e. The van der Waals surface area contributed by atoms with Crippen molar-refractivity contribution in [1.82, 2.24) is 26.6 Å². The molecule has 0 spiro atoms. The topological polar surface area (TPSA) is 439 Å². The number of rotatable bonds is 37. The predicted octanol–water partition coefficient (Wildman–Crippen LogP) is 18.4. The minimum absolute atomic E-state index is 0.0989. The van der Waals surface area contributed by atoms with Crippen LogP contribution in [0.2, 0.25) is 0 Å². The lowest BCUT2D eigenvalue weighted by atomic mass is 10.1. The van der Waals surface area contributed by atoms with E-state index in [9.17, 15) is 149 Å². The van der Waals surface area contributed by atoms with Crippen molar-refractivity contribution >= 4 is 54.4 Å². The van der Waals surface area contributed by atoms with Crippen LogP contribution in [0.3, 0.4) is 0 Å². The van der Waals surface area contributed by atoms with Crippen molar-refractivity contribution in [2.45, 2.75) is 228 Å². The van der Waals surface area contributed by atoms with Crippen molar-refractivity contribution in [1.29, 1.82) is 5.26 Å². The molecule has 133 heavy (non-hydrogen) atoms. The molecule has 15 N–H and O–H groups in total. The molecule has 6 rings (SSSR count). The van der Waals surface area contributed by atoms with Gasteiger partial charge in [0.05, 0.1) is 18.5 Å². The summed E-state index contributed by atoms with van der Waals surface area (Å²) >= 11 is 0. The Hall–Kier alpha value is -12.2. The summed E-state index contributed by atoms with van der Waals surface area (Å²) < 4.78 is 296. The van der Waals surface area contributed by atoms with E-state index in [1.54, 1.807) is 115 Å². The number of halogens is 24. The Morgan fingerprint density at radius 1 is 0.338 bits per heavy atom. The van der Waals surface area contributed by atoms with Crippen molar-refractivity contribution in [3.05, 3.63) is 215 Å². The highest BCUT2D eigenvalue weighted by molar-refractivity contribution is 5.81. The van der Waals surface area contributed by atoms with Crippen LogP contribution in [0.4, 0.5) is 120 Å². The van der Waals surface area contributed by atoms with Crippen LogP contribution in [0, 0.1) is 11.3 Å². The zero-order valence-corrected chi connectivity index (χ0v) is 69.9. The van der Waals surface area contributed by atoms with Gasteiger partial charge in [-0.3, -0.25) is 14.9 Å². The molecule has 0 aromatic heterocycles. The maximum Gasteiger partial charge on any atom is 0.408 e. The first-order valence-electron chi connectivity index (χ1n) is 38.7. The van der Waals surface area contributed by atoms with Gasteiger partial charge >= 0.3 is 97.5 Å². The van der Waals surface area contributed by atoms with Crippen molar-refractivity contribution < 1.29 is 193 Å². The van der Waals surface area contributed by atoms with Crippen molar-refractivity contribution in [2.24, 2.45) is 11.5 Å². The van der Waals surface area contributed by atoms with Gasteiger partial charge in [0.25, 0.3) is 0 Å². The van der Waals surface area contributed by atoms with Gasteiger partial charge in [-0.15, -0.1) is 0 Å². The number of benzene rings is 6. The Bertz CT molecular complexity index is 3990. The first kappa shape index (κ1) is 125. The number of aliphatic hydroxyl groups is 1. The summed E-state index contributed by atoms with van der Waals surface area (Å²) in [7, 11) is 0. The van der Waals surface area contributed by atoms with E-state index < -0.39 is 224 Å². The second-order valence-electron chi connectivity index (χ2n) is 26.9. The lowest BCUT2D eigenvalue weighted by Gasteiger charge is -2.15. The van der Waals surface area contributed by atoms with E-state index in [4.69, 9.17) is 61.6 Å². The molecule has 50 heteroatoms. The second-order valence-corrected chi connectivity index (χ2v) is 26.9. The van der Waals surface area contributed by atoms with E-state index in [2.05, 4.69) is 10.6 Å². The van der Waals surface area contributed by atoms with Gasteiger partial charge in [0.1, 0.15) is 56.3 Å². The Morgan fingerprint density at radius 3 is 0.789 bits per heavy atom. The summed E-state index contributed by atoms with van der Waals surface area (Å²) in [5.41, 5.74) is 15.2. The van der Waals surface area contributed by atoms with Crippen molar-refractivity contribution in [2.75, 3.05) is 6.61 Å². The quantitative estimate of drug-likeness (QED) is 0.00978. The number of carboxylic acid groups (broad SMARTS) is 5. The lowest BCUT2D eigenvalue weighted by Crippen LogP contribution is -2.41. The number of nitrogens with two attached hydrogens (primary N) is 2. The number of carbonyl (C=O) groups is 9. The van der Waals surface area contributed by atoms with Crippen LogP contribution >= 0.6 is 0 Å². The molecule has 6 aromatic carbocycles. The number of alkyl halides is 24. The number of aliphatic hydroxyl groups excluding tert-OH is 1. The summed E-state index contributed by atoms with van der Waals surface area (Å²) in [6.45, 7) is 0.585. The van der Waals surface area contributed by atoms with Crippen LogP contribution in [-0.4, -0.2) is 177 Å². The zero-order valence-electron chi connectivity index (χ0n) is 69.9. The molecule has 0 heterocycles. The van der Waals surface area contributed by atoms with Crippen LogP contribution in [0.5, 0.6) is 0 Å². The number of carbonyl (C=O) groups excluding carboxylic acids is 4. The number of hydrogen-bond acceptors (Lipinski definition) is 18. The van der Waals surface area contributed by atoms with Crippen LogP contribution < -0.4 is 38.1 Å². The highest BCUT2D eigenvalue weighted by Crippen LogP contribution is 2.28. The summed E-state index contributed by atoms with van der Waals surface area (Å²) in [4.78, 5) is 96.6. The molecule has 3 unspecified atom stereocenters. The zero-order chi connectivity index (χ0) is 102. The number of carboxylic acids is 5. The number of nitrogens with zero attached hydrogens (tertiary/aromatic N) is 1. The molecule has 0 aliphatic carbocycles. The lowest BCUT2D eigenvalue weighted by molar-refractivity contribution is -0.147. The number of nitriles is 1. The fourth-order valence-electron chi connectivity index (χ4n) is 8.79. The number of nitrogens with one attached hydrogen (secondary N) is 5. The number of alkyl carbamates (subject to hydrolysis) is 3. The Kier molecular flexibility index (Phi) is 62.9. The number of ether oxygens (including phenoxy) is 3. The molecule has 3 amide bonds. The van der Waals surface area contributed by atoms with E-state index in [0.717, 1.165) is 11.1 Å². The van der Waals surface area contributed by atoms with Gasteiger partial charge in [-0.1, -0.05) is 182 Å². The third-order valence-corrected chi connectivity index (χ3v) is 15.5. The highest BCUT2D eigenvalue weighted by atomic mass is 19.4. The van der Waals surface area contributed by atoms with Gasteiger partial charge in [-0.05, 0) is 78.3 Å². The monoisotopic (exact) mass is 1950 g/mol. The molecule has 0 aliphatic rings. The standard InChI is InChI=1S/3C13H14F3NO4.C12H13F3N2.C12H14F3NO2.C7H9N.C5H8F3NO2.C4H7F3O.C4H5F3O/c3*14-13(15,16)7-6-10(11(18)19)17-12(20)21-8-9-4-2-1-3-5-9;13-12(14,15)7-6-11(8-16)17-9-10-4-2-1-3-5-10;13-12(14,15)7-6-10(11(17)18)16-8-9-4-2-1-3-5-9;8-6-7-4-2-1-3-5-7;6-5(7,8)2-1-3(9)4(10)11;2*5-4(6,7)2-1-3-8/h3*1-5,10H,6-8H2,(H,17,20)(H,18,19);1-5,11,17H,6-7,9H2;1-5,10,16H,6-8H2,(H,17,18);1-5H,6,8H2;3H,1-2,9H2,(H,10,11);8H,1-3H2;3H,1-2H2/t3*10-;;;;;;/m100....../s1. The molecule has 0 bridgehead atoms. The molecule has 6 aromatic rings. The molecule has 6 atom stereocenters. The molecule has 0 aliphatic heterocycles. The van der Waals surface area contributed by atoms with E-state index in [0.29, 0.717) is 29.8 Å². The van der Waals surface area contributed by atoms with Crippen LogP contribution in [0.25, 0.3) is 0 Å². The highest BCUT2D eigenvalue weighted by Gasteiger charge is 2.36. The molecule has 0 fully saturated rings. The van der Waals surface area contributed by atoms with Gasteiger partial charge in [0.15, 0.2) is 0 Å². The number of hydrogen-bond donors (Lipinski definition) is 13. The molecule has 0 saturated heterocycles. The summed E-state index contributed by atoms with van der Waals surface area (Å²) in [6, 6.07) is 47.4. The SMILES string of the molecule is N#CC(CCC(F)(F)F)NCc1ccccc1.NC(CCC(F)(F)F)C(=O)O.NCc1ccccc1.O=C(N[C@@H](CCC(F)(F)F)C(=O)O)OCc1ccccc1.O=C(N[C@@H](CCC(F)(F)F)C(=O)O)OCc1ccccc1.O=C(N[C@H](CCC(F)(F)F)C(=O)O)OCc1ccccc1.O=C(O)C(CCC(F)(F)F)NCc1ccccc1.O=CCCC(F)(F)F.OCCCC(F)(F)F. The van der Waals surface area contributed by atoms with Gasteiger partial charge in [-0.2, -0.15) is 111 Å². The van der Waals surface area contributed by atoms with E-state index >= 15 is 0 Å². The molecule has 746 valence electrons. The van der Waals surface area contributed by atoms with E-state index in [1.807, 2.05) is 88.7 Å². The van der Waals surface area contributed by atoms with Crippen molar-refractivity contribution in [3.8, 4) is 6.07 Å². The minimum atomic E-state index is -4.48. The number of aliphatic carboxylic acids is 5. The maximum absolute atomic E-state index is 12.0. The fourth-order valence-corrected chi connectivity index (χ4v) is 8.79. The second kappa shape index (κ2) is 67.0. The molecular weight excluding hydrogens is 1850 g/mol. The average molecular weight is 1950 g/mol. The largest absolute Gasteiger partial charge is 0.480 e. The summed E-state index contributed by atoms with van der Waals surface area (Å²) in [5, 5.41) is 71.0. The van der Waals surface area contributed by atoms with Gasteiger partial charge in [0, 0.05) is 77.6 Å². The predicted molar refractivity (Wildman–Crippen MR) is 426 cm³/mol. The Balaban J connectivity index is -0.00000146. The number of amides is 3. The smallest absolute Gasteiger partial charge is 0.408 e. The van der Waals surface area contributed by atoms with E-state index in [1.165, 1.54) is 5.56 Å². The average Bonchev–Trinajstić information content (AvgIpc) is 0.919. The molecule has 0 saturated carbocycles. The third kappa shape index (κ3) is 81.5. The summed E-state index contributed by atoms with van der Waals surface area (Å²) in [6.07, 6.45) is -50.7. The van der Waals surface area contributed by atoms with Crippen LogP contribution in [0.15, 0.2) is 182 Å². The van der Waals surface area contributed by atoms with Crippen molar-refractivity contribution in [3.63, 3.8) is 0 Å². The third-order valence-electron chi connectivity index (χ3n) is 15.5. The summed E-state index contributed by atoms with van der Waals surface area (Å²) in [5.74, 6) is -7.31. The first-order chi connectivity index (χ1) is 61.6. The molecule has 26 nitrogen and oxygen atoms in total. The Labute approximate surface area is 744 Å². The van der Waals surface area contributed by atoms with Gasteiger partial charge in [0.2, 0.25) is 0 Å². The normalized spacial score (nSPS) is 12.6. The Morgan fingerprint density at radius 2 is 0.579 bits per heavy atom. The van der Waals surface area contributed by atoms with E-state index in [-0.39, 0.29) is 52.1 Å². The molecular formula is C83H98F24N8O18.